The topological polar surface area (TPSA) is 82.8 Å². The molecular weight excluding hydrogens is 186 g/mol. The Labute approximate surface area is 81.6 Å². The molecule has 0 aromatic carbocycles. The van der Waals surface area contributed by atoms with Gasteiger partial charge in [-0.25, -0.2) is 0 Å². The summed E-state index contributed by atoms with van der Waals surface area (Å²) in [4.78, 5) is 3.80. The van der Waals surface area contributed by atoms with E-state index in [0.29, 0.717) is 5.56 Å². The third kappa shape index (κ3) is 3.39. The van der Waals surface area contributed by atoms with Gasteiger partial charge < -0.3 is 20.1 Å². The second-order valence-electron chi connectivity index (χ2n) is 2.81. The highest BCUT2D eigenvalue weighted by molar-refractivity contribution is 5.09. The number of pyridine rings is 1. The average Bonchev–Trinajstić information content (AvgIpc) is 2.26. The normalized spacial score (nSPS) is 15.1. The summed E-state index contributed by atoms with van der Waals surface area (Å²) in [6.45, 7) is -0.508. The first-order chi connectivity index (χ1) is 6.74. The fourth-order valence-electron chi connectivity index (χ4n) is 0.873. The van der Waals surface area contributed by atoms with E-state index in [1.54, 1.807) is 18.3 Å². The molecule has 3 N–H and O–H groups in total. The number of aliphatic hydroxyl groups excluding tert-OH is 3. The Morgan fingerprint density at radius 2 is 2.21 bits per heavy atom. The molecule has 5 heteroatoms. The molecule has 0 aliphatic heterocycles. The second kappa shape index (κ2) is 5.66. The average molecular weight is 199 g/mol. The summed E-state index contributed by atoms with van der Waals surface area (Å²) in [5.74, 6) is 0. The highest BCUT2D eigenvalue weighted by Crippen LogP contribution is 2.11. The van der Waals surface area contributed by atoms with Crippen molar-refractivity contribution >= 4 is 0 Å². The van der Waals surface area contributed by atoms with E-state index in [-0.39, 0.29) is 13.2 Å². The number of ether oxygens (including phenoxy) is 1. The fourth-order valence-corrected chi connectivity index (χ4v) is 0.873. The second-order valence-corrected chi connectivity index (χ2v) is 2.81. The zero-order valence-electron chi connectivity index (χ0n) is 7.58. The van der Waals surface area contributed by atoms with Crippen LogP contribution < -0.4 is 0 Å². The van der Waals surface area contributed by atoms with Gasteiger partial charge in [-0.1, -0.05) is 6.07 Å². The van der Waals surface area contributed by atoms with Crippen LogP contribution in [-0.4, -0.2) is 39.6 Å². The minimum absolute atomic E-state index is 0.118. The van der Waals surface area contributed by atoms with Crippen molar-refractivity contribution in [2.75, 3.05) is 13.2 Å². The molecule has 0 spiro atoms. The Morgan fingerprint density at radius 1 is 1.43 bits per heavy atom. The van der Waals surface area contributed by atoms with Gasteiger partial charge in [-0.05, 0) is 6.07 Å². The van der Waals surface area contributed by atoms with Gasteiger partial charge in [0.15, 0.2) is 6.29 Å². The maximum absolute atomic E-state index is 9.41. The Kier molecular flexibility index (Phi) is 4.48. The standard InChI is InChI=1S/C9H13NO4/c11-5-8(12)6-14-9(13)7-2-1-3-10-4-7/h1-4,8-9,11-13H,5-6H2. The summed E-state index contributed by atoms with van der Waals surface area (Å²) in [7, 11) is 0. The largest absolute Gasteiger partial charge is 0.394 e. The van der Waals surface area contributed by atoms with E-state index in [1.807, 2.05) is 0 Å². The van der Waals surface area contributed by atoms with Crippen molar-refractivity contribution in [2.24, 2.45) is 0 Å². The summed E-state index contributed by atoms with van der Waals surface area (Å²) in [5, 5.41) is 26.9. The summed E-state index contributed by atoms with van der Waals surface area (Å²) in [5.41, 5.74) is 0.512. The molecule has 0 saturated carbocycles. The molecule has 0 fully saturated rings. The van der Waals surface area contributed by atoms with Crippen LogP contribution in [0.2, 0.25) is 0 Å². The molecule has 0 amide bonds. The van der Waals surface area contributed by atoms with Crippen LogP contribution in [0.1, 0.15) is 11.9 Å². The van der Waals surface area contributed by atoms with Crippen molar-refractivity contribution in [1.82, 2.24) is 4.98 Å². The minimum Gasteiger partial charge on any atom is -0.394 e. The first-order valence-electron chi connectivity index (χ1n) is 4.22. The van der Waals surface area contributed by atoms with Gasteiger partial charge in [0.1, 0.15) is 6.10 Å². The monoisotopic (exact) mass is 199 g/mol. The maximum atomic E-state index is 9.41. The zero-order chi connectivity index (χ0) is 10.4. The van der Waals surface area contributed by atoms with Crippen molar-refractivity contribution in [3.05, 3.63) is 30.1 Å². The van der Waals surface area contributed by atoms with E-state index in [1.165, 1.54) is 6.20 Å². The Bertz CT molecular complexity index is 254. The van der Waals surface area contributed by atoms with Gasteiger partial charge in [0.05, 0.1) is 13.2 Å². The molecule has 1 heterocycles. The molecular formula is C9H13NO4. The van der Waals surface area contributed by atoms with Crippen LogP contribution in [0.5, 0.6) is 0 Å². The Morgan fingerprint density at radius 3 is 2.79 bits per heavy atom. The molecule has 1 rings (SSSR count). The summed E-state index contributed by atoms with van der Waals surface area (Å²) < 4.78 is 4.89. The predicted octanol–water partition coefficient (Wildman–Crippen LogP) is -0.558. The smallest absolute Gasteiger partial charge is 0.182 e. The highest BCUT2D eigenvalue weighted by Gasteiger charge is 2.10. The Hall–Kier alpha value is -1.01. The first-order valence-corrected chi connectivity index (χ1v) is 4.22. The van der Waals surface area contributed by atoms with E-state index in [9.17, 15) is 5.11 Å². The molecule has 0 aliphatic carbocycles. The minimum atomic E-state index is -1.12. The van der Waals surface area contributed by atoms with Gasteiger partial charge >= 0.3 is 0 Å². The predicted molar refractivity (Wildman–Crippen MR) is 48.2 cm³/mol. The lowest BCUT2D eigenvalue weighted by Gasteiger charge is -2.13. The van der Waals surface area contributed by atoms with Crippen molar-refractivity contribution in [3.63, 3.8) is 0 Å². The van der Waals surface area contributed by atoms with Gasteiger partial charge in [-0.2, -0.15) is 0 Å². The molecule has 0 bridgehead atoms. The number of rotatable bonds is 5. The first kappa shape index (κ1) is 11.1. The van der Waals surface area contributed by atoms with Crippen molar-refractivity contribution < 1.29 is 20.1 Å². The number of hydrogen-bond acceptors (Lipinski definition) is 5. The Balaban J connectivity index is 2.39. The molecule has 2 atom stereocenters. The SMILES string of the molecule is OCC(O)COC(O)c1cccnc1. The quantitative estimate of drug-likeness (QED) is 0.554. The van der Waals surface area contributed by atoms with Gasteiger partial charge in [-0.3, -0.25) is 4.98 Å². The van der Waals surface area contributed by atoms with Crippen LogP contribution in [0.4, 0.5) is 0 Å². The van der Waals surface area contributed by atoms with Crippen LogP contribution in [0.25, 0.3) is 0 Å². The molecule has 1 aromatic rings. The number of hydrogen-bond donors (Lipinski definition) is 3. The third-order valence-corrected chi connectivity index (χ3v) is 1.63. The fraction of sp³-hybridized carbons (Fsp3) is 0.444. The van der Waals surface area contributed by atoms with E-state index < -0.39 is 12.4 Å². The maximum Gasteiger partial charge on any atom is 0.182 e. The molecule has 2 unspecified atom stereocenters. The van der Waals surface area contributed by atoms with E-state index in [2.05, 4.69) is 4.98 Å². The van der Waals surface area contributed by atoms with Crippen molar-refractivity contribution in [2.45, 2.75) is 12.4 Å². The summed E-state index contributed by atoms with van der Waals surface area (Å²) in [6.07, 6.45) is 0.959. The molecule has 78 valence electrons. The lowest BCUT2D eigenvalue weighted by Crippen LogP contribution is -2.21. The summed E-state index contributed by atoms with van der Waals surface area (Å²) in [6, 6.07) is 3.33. The third-order valence-electron chi connectivity index (χ3n) is 1.63. The van der Waals surface area contributed by atoms with Crippen LogP contribution in [0.3, 0.4) is 0 Å². The molecule has 14 heavy (non-hydrogen) atoms. The van der Waals surface area contributed by atoms with Crippen LogP contribution >= 0.6 is 0 Å². The number of nitrogens with zero attached hydrogens (tertiary/aromatic N) is 1. The number of aliphatic hydroxyl groups is 3. The molecule has 0 radical (unpaired) electrons. The van der Waals surface area contributed by atoms with Gasteiger partial charge in [0.2, 0.25) is 0 Å². The van der Waals surface area contributed by atoms with Gasteiger partial charge in [-0.15, -0.1) is 0 Å². The van der Waals surface area contributed by atoms with E-state index in [4.69, 9.17) is 14.9 Å². The van der Waals surface area contributed by atoms with Crippen LogP contribution in [0, 0.1) is 0 Å². The molecule has 5 nitrogen and oxygen atoms in total. The van der Waals surface area contributed by atoms with Gasteiger partial charge in [0.25, 0.3) is 0 Å². The highest BCUT2D eigenvalue weighted by atomic mass is 16.6. The number of aromatic nitrogens is 1. The van der Waals surface area contributed by atoms with E-state index >= 15 is 0 Å². The van der Waals surface area contributed by atoms with Gasteiger partial charge in [0, 0.05) is 18.0 Å². The summed E-state index contributed by atoms with van der Waals surface area (Å²) >= 11 is 0. The molecule has 1 aromatic heterocycles. The van der Waals surface area contributed by atoms with Crippen LogP contribution in [0.15, 0.2) is 24.5 Å². The van der Waals surface area contributed by atoms with E-state index in [0.717, 1.165) is 0 Å². The van der Waals surface area contributed by atoms with Crippen molar-refractivity contribution in [1.29, 1.82) is 0 Å². The molecule has 0 aliphatic rings. The van der Waals surface area contributed by atoms with Crippen LogP contribution in [-0.2, 0) is 4.74 Å². The van der Waals surface area contributed by atoms with Crippen molar-refractivity contribution in [3.8, 4) is 0 Å². The zero-order valence-corrected chi connectivity index (χ0v) is 7.58. The lowest BCUT2D eigenvalue weighted by atomic mass is 10.3. The lowest BCUT2D eigenvalue weighted by molar-refractivity contribution is -0.130. The molecule has 0 saturated heterocycles.